The summed E-state index contributed by atoms with van der Waals surface area (Å²) in [6.45, 7) is 8.04. The van der Waals surface area contributed by atoms with Crippen LogP contribution in [0.15, 0.2) is 52.2 Å². The van der Waals surface area contributed by atoms with E-state index in [0.29, 0.717) is 12.5 Å². The third-order valence-electron chi connectivity index (χ3n) is 4.27. The van der Waals surface area contributed by atoms with Crippen LogP contribution >= 0.6 is 11.3 Å². The molecule has 1 heterocycles. The molecule has 1 aromatic heterocycles. The zero-order chi connectivity index (χ0) is 18.1. The molecule has 0 saturated carbocycles. The molecule has 25 heavy (non-hydrogen) atoms. The lowest BCUT2D eigenvalue weighted by molar-refractivity contribution is 0.0677. The molecule has 0 amide bonds. The fourth-order valence-corrected chi connectivity index (χ4v) is 3.38. The highest BCUT2D eigenvalue weighted by Crippen LogP contribution is 2.23. The van der Waals surface area contributed by atoms with Gasteiger partial charge in [-0.15, -0.1) is 0 Å². The van der Waals surface area contributed by atoms with Crippen LogP contribution in [-0.4, -0.2) is 30.7 Å². The number of hydrogen-bond donors (Lipinski definition) is 3. The van der Waals surface area contributed by atoms with Crippen LogP contribution in [0.2, 0.25) is 0 Å². The van der Waals surface area contributed by atoms with E-state index < -0.39 is 5.60 Å². The molecular weight excluding hydrogens is 330 g/mol. The van der Waals surface area contributed by atoms with Crippen molar-refractivity contribution < 1.29 is 5.11 Å². The van der Waals surface area contributed by atoms with Gasteiger partial charge in [0.05, 0.1) is 6.54 Å². The van der Waals surface area contributed by atoms with E-state index in [1.165, 1.54) is 5.56 Å². The van der Waals surface area contributed by atoms with Crippen molar-refractivity contribution in [3.63, 3.8) is 0 Å². The van der Waals surface area contributed by atoms with E-state index in [-0.39, 0.29) is 0 Å². The van der Waals surface area contributed by atoms with Gasteiger partial charge in [-0.2, -0.15) is 11.3 Å². The van der Waals surface area contributed by atoms with Gasteiger partial charge in [-0.05, 0) is 54.1 Å². The Morgan fingerprint density at radius 1 is 1.24 bits per heavy atom. The molecule has 2 unspecified atom stereocenters. The monoisotopic (exact) mass is 359 g/mol. The second-order valence-corrected chi connectivity index (χ2v) is 7.29. The third kappa shape index (κ3) is 6.18. The van der Waals surface area contributed by atoms with E-state index in [1.807, 2.05) is 29.8 Å². The molecule has 5 heteroatoms. The summed E-state index contributed by atoms with van der Waals surface area (Å²) in [7, 11) is 0. The minimum Gasteiger partial charge on any atom is -0.383 e. The van der Waals surface area contributed by atoms with E-state index in [0.717, 1.165) is 31.0 Å². The molecule has 136 valence electrons. The van der Waals surface area contributed by atoms with E-state index in [9.17, 15) is 5.11 Å². The Morgan fingerprint density at radius 2 is 2.00 bits per heavy atom. The molecule has 0 radical (unpaired) electrons. The predicted molar refractivity (Wildman–Crippen MR) is 107 cm³/mol. The van der Waals surface area contributed by atoms with Gasteiger partial charge in [0.2, 0.25) is 0 Å². The van der Waals surface area contributed by atoms with Gasteiger partial charge >= 0.3 is 0 Å². The summed E-state index contributed by atoms with van der Waals surface area (Å²) in [5.41, 5.74) is 1.32. The smallest absolute Gasteiger partial charge is 0.191 e. The Hall–Kier alpha value is -1.85. The van der Waals surface area contributed by atoms with Gasteiger partial charge in [-0.1, -0.05) is 37.3 Å². The van der Waals surface area contributed by atoms with Gasteiger partial charge in [0.25, 0.3) is 0 Å². The molecule has 0 aliphatic heterocycles. The van der Waals surface area contributed by atoms with Crippen LogP contribution in [0.25, 0.3) is 0 Å². The van der Waals surface area contributed by atoms with Crippen LogP contribution in [0, 0.1) is 0 Å². The lowest BCUT2D eigenvalue weighted by Gasteiger charge is -2.21. The van der Waals surface area contributed by atoms with Crippen molar-refractivity contribution in [3.05, 3.63) is 58.3 Å². The Kier molecular flexibility index (Phi) is 7.47. The molecule has 0 spiro atoms. The number of thiophene rings is 1. The van der Waals surface area contributed by atoms with Crippen molar-refractivity contribution in [3.8, 4) is 0 Å². The van der Waals surface area contributed by atoms with Crippen LogP contribution in [0.1, 0.15) is 44.2 Å². The number of nitrogens with one attached hydrogen (secondary N) is 2. The van der Waals surface area contributed by atoms with E-state index in [1.54, 1.807) is 18.3 Å². The summed E-state index contributed by atoms with van der Waals surface area (Å²) in [5, 5.41) is 21.2. The first-order chi connectivity index (χ1) is 12.0. The molecule has 0 saturated heterocycles. The van der Waals surface area contributed by atoms with Crippen molar-refractivity contribution >= 4 is 17.3 Å². The number of hydrogen-bond acceptors (Lipinski definition) is 3. The first-order valence-corrected chi connectivity index (χ1v) is 9.79. The van der Waals surface area contributed by atoms with Crippen LogP contribution in [0.3, 0.4) is 0 Å². The maximum Gasteiger partial charge on any atom is 0.191 e. The van der Waals surface area contributed by atoms with Gasteiger partial charge in [0.1, 0.15) is 5.60 Å². The Morgan fingerprint density at radius 3 is 2.64 bits per heavy atom. The van der Waals surface area contributed by atoms with E-state index in [4.69, 9.17) is 0 Å². The highest BCUT2D eigenvalue weighted by molar-refractivity contribution is 7.08. The molecular formula is C20H29N3OS. The highest BCUT2D eigenvalue weighted by atomic mass is 32.1. The summed E-state index contributed by atoms with van der Waals surface area (Å²) in [6, 6.07) is 12.5. The van der Waals surface area contributed by atoms with E-state index >= 15 is 0 Å². The molecule has 0 bridgehead atoms. The van der Waals surface area contributed by atoms with Crippen LogP contribution < -0.4 is 10.6 Å². The highest BCUT2D eigenvalue weighted by Gasteiger charge is 2.23. The predicted octanol–water partition coefficient (Wildman–Crippen LogP) is 3.70. The first kappa shape index (κ1) is 19.5. The summed E-state index contributed by atoms with van der Waals surface area (Å²) in [5.74, 6) is 1.24. The van der Waals surface area contributed by atoms with Crippen molar-refractivity contribution in [2.75, 3.05) is 19.6 Å². The standard InChI is InChI=1S/C20H29N3OS/c1-4-21-19(23-15-20(3,24)18-11-13-25-14-18)22-12-10-16(2)17-8-6-5-7-9-17/h5-9,11,13-14,16,24H,4,10,12,15H2,1-3H3,(H2,21,22,23). The lowest BCUT2D eigenvalue weighted by Crippen LogP contribution is -2.39. The zero-order valence-electron chi connectivity index (χ0n) is 15.3. The molecule has 3 N–H and O–H groups in total. The molecule has 0 fully saturated rings. The number of rotatable bonds is 8. The molecule has 2 aromatic rings. The Labute approximate surface area is 155 Å². The average Bonchev–Trinajstić information content (AvgIpc) is 3.16. The number of nitrogens with zero attached hydrogens (tertiary/aromatic N) is 1. The van der Waals surface area contributed by atoms with Gasteiger partial charge in [0.15, 0.2) is 5.96 Å². The average molecular weight is 360 g/mol. The summed E-state index contributed by atoms with van der Waals surface area (Å²) < 4.78 is 0. The van der Waals surface area contributed by atoms with Crippen molar-refractivity contribution in [2.45, 2.75) is 38.7 Å². The molecule has 2 rings (SSSR count). The third-order valence-corrected chi connectivity index (χ3v) is 4.95. The summed E-state index contributed by atoms with van der Waals surface area (Å²) in [6.07, 6.45) is 1.02. The van der Waals surface area contributed by atoms with Crippen molar-refractivity contribution in [2.24, 2.45) is 4.99 Å². The topological polar surface area (TPSA) is 56.7 Å². The fraction of sp³-hybridized carbons (Fsp3) is 0.450. The minimum atomic E-state index is -0.945. The second-order valence-electron chi connectivity index (χ2n) is 6.51. The van der Waals surface area contributed by atoms with Gasteiger partial charge in [0, 0.05) is 13.1 Å². The van der Waals surface area contributed by atoms with Gasteiger partial charge in [-0.25, -0.2) is 4.99 Å². The maximum atomic E-state index is 10.6. The van der Waals surface area contributed by atoms with Crippen LogP contribution in [0.5, 0.6) is 0 Å². The first-order valence-electron chi connectivity index (χ1n) is 8.85. The van der Waals surface area contributed by atoms with Gasteiger partial charge in [-0.3, -0.25) is 0 Å². The minimum absolute atomic E-state index is 0.327. The van der Waals surface area contributed by atoms with Gasteiger partial charge < -0.3 is 15.7 Å². The summed E-state index contributed by atoms with van der Waals surface area (Å²) in [4.78, 5) is 4.56. The van der Waals surface area contributed by atoms with Crippen molar-refractivity contribution in [1.82, 2.24) is 10.6 Å². The normalized spacial score (nSPS) is 15.4. The number of aliphatic imine (C=N–C) groups is 1. The maximum absolute atomic E-state index is 10.6. The second kappa shape index (κ2) is 9.59. The molecule has 2 atom stereocenters. The van der Waals surface area contributed by atoms with E-state index in [2.05, 4.69) is 46.8 Å². The number of aliphatic hydroxyl groups is 1. The Bertz CT molecular complexity index is 638. The Balaban J connectivity index is 1.87. The number of benzene rings is 1. The fourth-order valence-electron chi connectivity index (χ4n) is 2.59. The van der Waals surface area contributed by atoms with Crippen LogP contribution in [0.4, 0.5) is 0 Å². The molecule has 0 aliphatic carbocycles. The molecule has 4 nitrogen and oxygen atoms in total. The lowest BCUT2D eigenvalue weighted by atomic mass is 9.98. The van der Waals surface area contributed by atoms with Crippen LogP contribution in [-0.2, 0) is 5.60 Å². The largest absolute Gasteiger partial charge is 0.383 e. The number of guanidine groups is 1. The SMILES string of the molecule is CCNC(=NCC(C)(O)c1ccsc1)NCCC(C)c1ccccc1. The molecule has 1 aromatic carbocycles. The van der Waals surface area contributed by atoms with Crippen molar-refractivity contribution in [1.29, 1.82) is 0 Å². The quantitative estimate of drug-likeness (QED) is 0.497. The molecule has 0 aliphatic rings. The zero-order valence-corrected chi connectivity index (χ0v) is 16.1. The summed E-state index contributed by atoms with van der Waals surface area (Å²) >= 11 is 1.59.